The number of fused-ring (bicyclic) bond motifs is 1. The number of nitrogens with one attached hydrogen (secondary N) is 2. The second-order valence-electron chi connectivity index (χ2n) is 7.00. The van der Waals surface area contributed by atoms with Crippen LogP contribution in [0, 0.1) is 6.92 Å². The highest BCUT2D eigenvalue weighted by Crippen LogP contribution is 2.29. The molecule has 0 unspecified atom stereocenters. The van der Waals surface area contributed by atoms with Crippen molar-refractivity contribution in [2.24, 2.45) is 0 Å². The van der Waals surface area contributed by atoms with Gasteiger partial charge in [-0.2, -0.15) is 0 Å². The molecule has 0 fully saturated rings. The van der Waals surface area contributed by atoms with Crippen LogP contribution in [0.1, 0.15) is 15.9 Å². The van der Waals surface area contributed by atoms with E-state index in [4.69, 9.17) is 5.11 Å². The van der Waals surface area contributed by atoms with Crippen LogP contribution in [0.2, 0.25) is 0 Å². The molecule has 2 aromatic heterocycles. The topological polar surface area (TPSA) is 100 Å². The van der Waals surface area contributed by atoms with E-state index >= 15 is 0 Å². The summed E-state index contributed by atoms with van der Waals surface area (Å²) in [4.78, 5) is 36.6. The van der Waals surface area contributed by atoms with Crippen molar-refractivity contribution < 1.29 is 14.7 Å². The van der Waals surface area contributed by atoms with Crippen LogP contribution in [0.4, 0.5) is 17.1 Å². The normalized spacial score (nSPS) is 10.7. The van der Waals surface area contributed by atoms with E-state index in [0.29, 0.717) is 16.9 Å². The summed E-state index contributed by atoms with van der Waals surface area (Å²) in [5.41, 5.74) is 2.45. The highest BCUT2D eigenvalue weighted by atomic mass is 32.1. The fourth-order valence-electron chi connectivity index (χ4n) is 3.25. The van der Waals surface area contributed by atoms with Gasteiger partial charge in [-0.25, -0.2) is 0 Å². The number of pyridine rings is 1. The molecule has 156 valence electrons. The summed E-state index contributed by atoms with van der Waals surface area (Å²) in [6, 6.07) is 16.4. The smallest absolute Gasteiger partial charge is 0.323 e. The van der Waals surface area contributed by atoms with Gasteiger partial charge in [-0.1, -0.05) is 36.4 Å². The quantitative estimate of drug-likeness (QED) is 0.417. The summed E-state index contributed by atoms with van der Waals surface area (Å²) in [7, 11) is 0. The largest absolute Gasteiger partial charge is 0.480 e. The second kappa shape index (κ2) is 8.45. The van der Waals surface area contributed by atoms with Crippen LogP contribution in [0.5, 0.6) is 0 Å². The SMILES string of the molecule is Cc1ccccc1Nc1cc(=O)n(CC(=O)O)cc1NC(=O)c1csc2ccccc12. The highest BCUT2D eigenvalue weighted by Gasteiger charge is 2.16. The van der Waals surface area contributed by atoms with E-state index in [2.05, 4.69) is 10.6 Å². The summed E-state index contributed by atoms with van der Waals surface area (Å²) in [5, 5.41) is 17.7. The van der Waals surface area contributed by atoms with Crippen LogP contribution in [0.15, 0.2) is 71.0 Å². The minimum Gasteiger partial charge on any atom is -0.480 e. The maximum atomic E-state index is 13.0. The molecule has 0 aliphatic heterocycles. The number of carboxylic acid groups (broad SMARTS) is 1. The maximum absolute atomic E-state index is 13.0. The number of benzene rings is 2. The monoisotopic (exact) mass is 433 g/mol. The number of para-hydroxylation sites is 1. The van der Waals surface area contributed by atoms with E-state index in [0.717, 1.165) is 25.9 Å². The Balaban J connectivity index is 1.74. The van der Waals surface area contributed by atoms with Crippen LogP contribution in [-0.2, 0) is 11.3 Å². The molecule has 0 spiro atoms. The van der Waals surface area contributed by atoms with E-state index in [1.54, 1.807) is 5.38 Å². The van der Waals surface area contributed by atoms with Crippen molar-refractivity contribution in [2.75, 3.05) is 10.6 Å². The van der Waals surface area contributed by atoms with Crippen molar-refractivity contribution in [1.82, 2.24) is 4.57 Å². The molecule has 1 amide bonds. The Morgan fingerprint density at radius 2 is 1.77 bits per heavy atom. The first kappa shape index (κ1) is 20.4. The number of thiophene rings is 1. The average Bonchev–Trinajstić information content (AvgIpc) is 3.17. The zero-order chi connectivity index (χ0) is 22.0. The summed E-state index contributed by atoms with van der Waals surface area (Å²) in [6.07, 6.45) is 1.35. The first-order valence-electron chi connectivity index (χ1n) is 9.49. The number of carbonyl (C=O) groups is 2. The van der Waals surface area contributed by atoms with Gasteiger partial charge in [0.25, 0.3) is 11.5 Å². The molecule has 2 heterocycles. The molecule has 0 bridgehead atoms. The third-order valence-corrected chi connectivity index (χ3v) is 5.78. The number of hydrogen-bond donors (Lipinski definition) is 3. The van der Waals surface area contributed by atoms with Gasteiger partial charge >= 0.3 is 5.97 Å². The Hall–Kier alpha value is -3.91. The van der Waals surface area contributed by atoms with Gasteiger partial charge in [0.05, 0.1) is 16.9 Å². The van der Waals surface area contributed by atoms with Crippen LogP contribution >= 0.6 is 11.3 Å². The van der Waals surface area contributed by atoms with Gasteiger partial charge in [0.15, 0.2) is 0 Å². The number of anilines is 3. The molecule has 3 N–H and O–H groups in total. The molecule has 7 nitrogen and oxygen atoms in total. The lowest BCUT2D eigenvalue weighted by Crippen LogP contribution is -2.25. The predicted octanol–water partition coefficient (Wildman–Crippen LogP) is 4.45. The van der Waals surface area contributed by atoms with Crippen LogP contribution in [-0.4, -0.2) is 21.6 Å². The van der Waals surface area contributed by atoms with Crippen molar-refractivity contribution in [3.8, 4) is 0 Å². The van der Waals surface area contributed by atoms with Gasteiger partial charge in [0.1, 0.15) is 6.54 Å². The van der Waals surface area contributed by atoms with Gasteiger partial charge in [-0.3, -0.25) is 14.4 Å². The van der Waals surface area contributed by atoms with E-state index < -0.39 is 18.1 Å². The lowest BCUT2D eigenvalue weighted by atomic mass is 10.1. The number of nitrogens with zero attached hydrogens (tertiary/aromatic N) is 1. The summed E-state index contributed by atoms with van der Waals surface area (Å²) < 4.78 is 2.04. The minimum absolute atomic E-state index is 0.310. The molecule has 4 aromatic rings. The Morgan fingerprint density at radius 3 is 2.55 bits per heavy atom. The molecule has 4 rings (SSSR count). The Bertz CT molecular complexity index is 1360. The van der Waals surface area contributed by atoms with Gasteiger partial charge in [-0.05, 0) is 24.6 Å². The van der Waals surface area contributed by atoms with E-state index in [9.17, 15) is 14.4 Å². The standard InChI is InChI=1S/C23H19N3O4S/c1-14-6-2-4-8-17(14)24-18-10-21(27)26(12-22(28)29)11-19(18)25-23(30)16-13-31-20-9-5-3-7-15(16)20/h2-11,13,24H,12H2,1H3,(H,25,30)(H,28,29). The third-order valence-electron chi connectivity index (χ3n) is 4.82. The number of carboxylic acids is 1. The maximum Gasteiger partial charge on any atom is 0.323 e. The second-order valence-corrected chi connectivity index (χ2v) is 7.91. The number of aliphatic carboxylic acids is 1. The highest BCUT2D eigenvalue weighted by molar-refractivity contribution is 7.17. The number of carbonyl (C=O) groups excluding carboxylic acids is 1. The van der Waals surface area contributed by atoms with Crippen molar-refractivity contribution in [2.45, 2.75) is 13.5 Å². The predicted molar refractivity (Wildman–Crippen MR) is 123 cm³/mol. The van der Waals surface area contributed by atoms with Crippen LogP contribution in [0.25, 0.3) is 10.1 Å². The molecule has 31 heavy (non-hydrogen) atoms. The fraction of sp³-hybridized carbons (Fsp3) is 0.0870. The number of aromatic nitrogens is 1. The Labute approximate surface area is 181 Å². The van der Waals surface area contributed by atoms with E-state index in [1.807, 2.05) is 55.5 Å². The fourth-order valence-corrected chi connectivity index (χ4v) is 4.19. The minimum atomic E-state index is -1.15. The number of hydrogen-bond acceptors (Lipinski definition) is 5. The Kier molecular flexibility index (Phi) is 5.55. The van der Waals surface area contributed by atoms with E-state index in [-0.39, 0.29) is 5.91 Å². The lowest BCUT2D eigenvalue weighted by Gasteiger charge is -2.16. The van der Waals surface area contributed by atoms with Gasteiger partial charge in [0.2, 0.25) is 0 Å². The third kappa shape index (κ3) is 4.34. The molecule has 0 aliphatic carbocycles. The van der Waals surface area contributed by atoms with Crippen molar-refractivity contribution in [3.63, 3.8) is 0 Å². The molecule has 0 radical (unpaired) electrons. The van der Waals surface area contributed by atoms with Gasteiger partial charge < -0.3 is 20.3 Å². The molecule has 8 heteroatoms. The van der Waals surface area contributed by atoms with Gasteiger partial charge in [0, 0.05) is 33.4 Å². The average molecular weight is 433 g/mol. The summed E-state index contributed by atoms with van der Waals surface area (Å²) >= 11 is 1.47. The van der Waals surface area contributed by atoms with Crippen LogP contribution in [0.3, 0.4) is 0 Å². The molecule has 0 saturated heterocycles. The first-order valence-corrected chi connectivity index (χ1v) is 10.4. The van der Waals surface area contributed by atoms with Crippen molar-refractivity contribution in [3.05, 3.63) is 87.7 Å². The molecular weight excluding hydrogens is 414 g/mol. The van der Waals surface area contributed by atoms with Crippen LogP contribution < -0.4 is 16.2 Å². The zero-order valence-corrected chi connectivity index (χ0v) is 17.4. The first-order chi connectivity index (χ1) is 14.9. The number of rotatable bonds is 6. The molecule has 0 saturated carbocycles. The number of aryl methyl sites for hydroxylation is 1. The molecule has 2 aromatic carbocycles. The number of amides is 1. The summed E-state index contributed by atoms with van der Waals surface area (Å²) in [6.45, 7) is 1.41. The molecule has 0 aliphatic rings. The Morgan fingerprint density at radius 1 is 1.03 bits per heavy atom. The van der Waals surface area contributed by atoms with Crippen molar-refractivity contribution >= 4 is 50.4 Å². The zero-order valence-electron chi connectivity index (χ0n) is 16.6. The van der Waals surface area contributed by atoms with Gasteiger partial charge in [-0.15, -0.1) is 11.3 Å². The molecular formula is C23H19N3O4S. The lowest BCUT2D eigenvalue weighted by molar-refractivity contribution is -0.137. The molecule has 0 atom stereocenters. The summed E-state index contributed by atoms with van der Waals surface area (Å²) in [5.74, 6) is -1.49. The van der Waals surface area contributed by atoms with E-state index in [1.165, 1.54) is 23.6 Å². The van der Waals surface area contributed by atoms with Crippen molar-refractivity contribution in [1.29, 1.82) is 0 Å².